The summed E-state index contributed by atoms with van der Waals surface area (Å²) in [7, 11) is -0.401. The van der Waals surface area contributed by atoms with E-state index in [1.165, 1.54) is 0 Å². The standard InChI is InChI=1S/C15H24BNO3/c1-10-11(12(17)18)8-7-9-15(10,6)16-19-13(2,3)14(4,5)20-16/h7-10H,1-6H3,(H2,17,18). The summed E-state index contributed by atoms with van der Waals surface area (Å²) in [6, 6.07) is 0. The zero-order valence-corrected chi connectivity index (χ0v) is 13.2. The van der Waals surface area contributed by atoms with Crippen molar-refractivity contribution < 1.29 is 14.1 Å². The first kappa shape index (κ1) is 15.3. The van der Waals surface area contributed by atoms with Crippen molar-refractivity contribution in [2.75, 3.05) is 0 Å². The fourth-order valence-electron chi connectivity index (χ4n) is 2.66. The van der Waals surface area contributed by atoms with Gasteiger partial charge in [-0.3, -0.25) is 4.79 Å². The Kier molecular flexibility index (Phi) is 3.42. The van der Waals surface area contributed by atoms with Gasteiger partial charge in [-0.2, -0.15) is 0 Å². The van der Waals surface area contributed by atoms with Crippen LogP contribution in [0.3, 0.4) is 0 Å². The van der Waals surface area contributed by atoms with Gasteiger partial charge < -0.3 is 15.0 Å². The van der Waals surface area contributed by atoms with Crippen LogP contribution in [-0.2, 0) is 14.1 Å². The molecule has 2 aliphatic rings. The van der Waals surface area contributed by atoms with Gasteiger partial charge in [-0.1, -0.05) is 32.1 Å². The molecule has 1 aliphatic carbocycles. The second kappa shape index (κ2) is 4.47. The summed E-state index contributed by atoms with van der Waals surface area (Å²) in [4.78, 5) is 11.6. The van der Waals surface area contributed by atoms with Crippen LogP contribution in [0, 0.1) is 5.92 Å². The maximum Gasteiger partial charge on any atom is 0.468 e. The van der Waals surface area contributed by atoms with Crippen LogP contribution in [0.25, 0.3) is 0 Å². The lowest BCUT2D eigenvalue weighted by Crippen LogP contribution is -2.41. The third-order valence-electron chi connectivity index (χ3n) is 5.18. The van der Waals surface area contributed by atoms with Crippen molar-refractivity contribution in [3.8, 4) is 0 Å². The number of amides is 1. The predicted octanol–water partition coefficient (Wildman–Crippen LogP) is 2.46. The number of allylic oxidation sites excluding steroid dienone is 3. The van der Waals surface area contributed by atoms with Crippen molar-refractivity contribution in [1.82, 2.24) is 0 Å². The molecular weight excluding hydrogens is 253 g/mol. The minimum atomic E-state index is -0.413. The maximum absolute atomic E-state index is 11.6. The summed E-state index contributed by atoms with van der Waals surface area (Å²) in [6.07, 6.45) is 5.69. The molecule has 4 nitrogen and oxygen atoms in total. The highest BCUT2D eigenvalue weighted by Crippen LogP contribution is 2.52. The van der Waals surface area contributed by atoms with Gasteiger partial charge in [0.15, 0.2) is 0 Å². The lowest BCUT2D eigenvalue weighted by Gasteiger charge is -2.37. The Morgan fingerprint density at radius 1 is 1.20 bits per heavy atom. The van der Waals surface area contributed by atoms with Crippen LogP contribution < -0.4 is 5.73 Å². The van der Waals surface area contributed by atoms with E-state index in [4.69, 9.17) is 15.0 Å². The Morgan fingerprint density at radius 2 is 1.70 bits per heavy atom. The van der Waals surface area contributed by atoms with Gasteiger partial charge in [0.25, 0.3) is 0 Å². The molecule has 0 bridgehead atoms. The van der Waals surface area contributed by atoms with Crippen LogP contribution >= 0.6 is 0 Å². The third kappa shape index (κ3) is 2.13. The van der Waals surface area contributed by atoms with Crippen molar-refractivity contribution in [3.63, 3.8) is 0 Å². The molecule has 1 amide bonds. The summed E-state index contributed by atoms with van der Waals surface area (Å²) in [5.41, 5.74) is 5.30. The van der Waals surface area contributed by atoms with Crippen LogP contribution in [0.4, 0.5) is 0 Å². The molecule has 0 aromatic rings. The zero-order valence-electron chi connectivity index (χ0n) is 13.2. The van der Waals surface area contributed by atoms with Gasteiger partial charge >= 0.3 is 7.12 Å². The van der Waals surface area contributed by atoms with Gasteiger partial charge in [0, 0.05) is 10.9 Å². The lowest BCUT2D eigenvalue weighted by atomic mass is 9.50. The quantitative estimate of drug-likeness (QED) is 0.789. The average Bonchev–Trinajstić information content (AvgIpc) is 2.52. The largest absolute Gasteiger partial charge is 0.468 e. The average molecular weight is 277 g/mol. The van der Waals surface area contributed by atoms with E-state index in [2.05, 4.69) is 0 Å². The molecule has 2 atom stereocenters. The molecule has 2 rings (SSSR count). The number of carbonyl (C=O) groups is 1. The minimum absolute atomic E-state index is 0.0558. The van der Waals surface area contributed by atoms with Gasteiger partial charge in [0.05, 0.1) is 11.2 Å². The number of rotatable bonds is 2. The Hall–Kier alpha value is -1.07. The SMILES string of the molecule is CC1C(C(N)=O)=CC=CC1(C)B1OC(C)(C)C(C)(C)O1. The number of nitrogens with two attached hydrogens (primary N) is 1. The monoisotopic (exact) mass is 277 g/mol. The molecule has 1 fully saturated rings. The summed E-state index contributed by atoms with van der Waals surface area (Å²) in [5.74, 6) is -0.440. The van der Waals surface area contributed by atoms with E-state index in [9.17, 15) is 4.79 Å². The molecule has 5 heteroatoms. The molecule has 1 heterocycles. The first-order chi connectivity index (χ1) is 9.01. The van der Waals surface area contributed by atoms with Crippen molar-refractivity contribution in [2.24, 2.45) is 11.7 Å². The Bertz CT molecular complexity index is 479. The van der Waals surface area contributed by atoms with Gasteiger partial charge in [0.1, 0.15) is 0 Å². The normalized spacial score (nSPS) is 35.0. The summed E-state index contributed by atoms with van der Waals surface area (Å²) in [5, 5.41) is -0.413. The molecular formula is C15H24BNO3. The molecule has 0 aromatic heterocycles. The van der Waals surface area contributed by atoms with Crippen molar-refractivity contribution in [2.45, 2.75) is 58.1 Å². The molecule has 0 saturated carbocycles. The minimum Gasteiger partial charge on any atom is -0.403 e. The molecule has 0 spiro atoms. The second-order valence-electron chi connectivity index (χ2n) is 7.02. The molecule has 1 saturated heterocycles. The fourth-order valence-corrected chi connectivity index (χ4v) is 2.66. The van der Waals surface area contributed by atoms with Crippen LogP contribution in [0.5, 0.6) is 0 Å². The van der Waals surface area contributed by atoms with Crippen LogP contribution in [0.1, 0.15) is 41.5 Å². The number of hydrogen-bond donors (Lipinski definition) is 1. The smallest absolute Gasteiger partial charge is 0.403 e. The highest BCUT2D eigenvalue weighted by atomic mass is 16.7. The number of hydrogen-bond acceptors (Lipinski definition) is 3. The van der Waals surface area contributed by atoms with Crippen LogP contribution in [-0.4, -0.2) is 24.2 Å². The van der Waals surface area contributed by atoms with E-state index >= 15 is 0 Å². The maximum atomic E-state index is 11.6. The Balaban J connectivity index is 2.33. The molecule has 2 N–H and O–H groups in total. The van der Waals surface area contributed by atoms with E-state index < -0.39 is 12.4 Å². The first-order valence-corrected chi connectivity index (χ1v) is 7.06. The van der Waals surface area contributed by atoms with Crippen LogP contribution in [0.2, 0.25) is 5.31 Å². The van der Waals surface area contributed by atoms with Gasteiger partial charge in [-0.15, -0.1) is 0 Å². The molecule has 1 aliphatic heterocycles. The topological polar surface area (TPSA) is 61.6 Å². The molecule has 110 valence electrons. The molecule has 20 heavy (non-hydrogen) atoms. The van der Waals surface area contributed by atoms with Gasteiger partial charge in [0.2, 0.25) is 5.91 Å². The van der Waals surface area contributed by atoms with Gasteiger partial charge in [-0.05, 0) is 33.6 Å². The van der Waals surface area contributed by atoms with E-state index in [-0.39, 0.29) is 23.0 Å². The summed E-state index contributed by atoms with van der Waals surface area (Å²) < 4.78 is 12.3. The Morgan fingerprint density at radius 3 is 2.15 bits per heavy atom. The molecule has 0 radical (unpaired) electrons. The van der Waals surface area contributed by atoms with E-state index in [0.29, 0.717) is 5.57 Å². The second-order valence-corrected chi connectivity index (χ2v) is 7.02. The number of primary amides is 1. The van der Waals surface area contributed by atoms with Gasteiger partial charge in [-0.25, -0.2) is 0 Å². The Labute approximate surface area is 121 Å². The van der Waals surface area contributed by atoms with Crippen LogP contribution in [0.15, 0.2) is 23.8 Å². The fraction of sp³-hybridized carbons (Fsp3) is 0.667. The zero-order chi connectivity index (χ0) is 15.3. The molecule has 0 aromatic carbocycles. The van der Waals surface area contributed by atoms with E-state index in [1.54, 1.807) is 6.08 Å². The highest BCUT2D eigenvalue weighted by molar-refractivity contribution is 6.50. The molecule has 2 unspecified atom stereocenters. The van der Waals surface area contributed by atoms with Crippen molar-refractivity contribution in [1.29, 1.82) is 0 Å². The first-order valence-electron chi connectivity index (χ1n) is 7.06. The highest BCUT2D eigenvalue weighted by Gasteiger charge is 2.59. The van der Waals surface area contributed by atoms with E-state index in [1.807, 2.05) is 53.7 Å². The van der Waals surface area contributed by atoms with E-state index in [0.717, 1.165) is 0 Å². The predicted molar refractivity (Wildman–Crippen MR) is 80.0 cm³/mol. The van der Waals surface area contributed by atoms with Crippen molar-refractivity contribution >= 4 is 13.0 Å². The summed E-state index contributed by atoms with van der Waals surface area (Å²) >= 11 is 0. The lowest BCUT2D eigenvalue weighted by molar-refractivity contribution is -0.115. The van der Waals surface area contributed by atoms with Crippen molar-refractivity contribution in [3.05, 3.63) is 23.8 Å². The number of carbonyl (C=O) groups excluding carboxylic acids is 1. The third-order valence-corrected chi connectivity index (χ3v) is 5.18. The summed E-state index contributed by atoms with van der Waals surface area (Å²) in [6.45, 7) is 12.1.